The lowest BCUT2D eigenvalue weighted by molar-refractivity contribution is -0.117. The van der Waals surface area contributed by atoms with E-state index in [1.54, 1.807) is 33.3 Å². The summed E-state index contributed by atoms with van der Waals surface area (Å²) < 4.78 is 12.5. The molecule has 1 fully saturated rings. The molecule has 134 valence electrons. The van der Waals surface area contributed by atoms with Crippen molar-refractivity contribution in [3.63, 3.8) is 0 Å². The SMILES string of the molecule is COc1cc(OC)cc(C(C(C)=O)c2cc(N)n(C3CCNC3)n2)c1. The van der Waals surface area contributed by atoms with Crippen molar-refractivity contribution in [3.8, 4) is 11.5 Å². The summed E-state index contributed by atoms with van der Waals surface area (Å²) in [5.41, 5.74) is 7.58. The van der Waals surface area contributed by atoms with Crippen LogP contribution in [0, 0.1) is 0 Å². The molecule has 2 unspecified atom stereocenters. The van der Waals surface area contributed by atoms with E-state index >= 15 is 0 Å². The van der Waals surface area contributed by atoms with Gasteiger partial charge in [0.15, 0.2) is 0 Å². The number of rotatable bonds is 6. The van der Waals surface area contributed by atoms with Crippen LogP contribution in [0.2, 0.25) is 0 Å². The molecule has 0 spiro atoms. The number of ketones is 1. The summed E-state index contributed by atoms with van der Waals surface area (Å²) >= 11 is 0. The van der Waals surface area contributed by atoms with Gasteiger partial charge in [-0.2, -0.15) is 5.10 Å². The molecule has 0 saturated carbocycles. The third kappa shape index (κ3) is 3.46. The lowest BCUT2D eigenvalue weighted by Crippen LogP contribution is -2.17. The normalized spacial score (nSPS) is 18.1. The minimum absolute atomic E-state index is 0.00972. The Hall–Kier alpha value is -2.54. The van der Waals surface area contributed by atoms with Crippen LogP contribution in [0.4, 0.5) is 5.82 Å². The number of methoxy groups -OCH3 is 2. The number of nitrogens with two attached hydrogens (primary N) is 1. The number of carbonyl (C=O) groups excluding carboxylic acids is 1. The second-order valence-electron chi connectivity index (χ2n) is 6.27. The van der Waals surface area contributed by atoms with Crippen LogP contribution in [0.3, 0.4) is 0 Å². The highest BCUT2D eigenvalue weighted by Crippen LogP contribution is 2.33. The molecule has 0 radical (unpaired) electrons. The predicted octanol–water partition coefficient (Wildman–Crippen LogP) is 1.74. The Morgan fingerprint density at radius 3 is 2.48 bits per heavy atom. The van der Waals surface area contributed by atoms with Gasteiger partial charge in [-0.15, -0.1) is 0 Å². The number of hydrogen-bond donors (Lipinski definition) is 2. The van der Waals surface area contributed by atoms with Crippen LogP contribution in [0.1, 0.15) is 36.6 Å². The van der Waals surface area contributed by atoms with E-state index in [0.717, 1.165) is 25.1 Å². The molecular weight excluding hydrogens is 320 g/mol. The molecule has 2 aromatic rings. The minimum atomic E-state index is -0.512. The minimum Gasteiger partial charge on any atom is -0.497 e. The average molecular weight is 344 g/mol. The molecule has 1 aromatic heterocycles. The molecular formula is C18H24N4O3. The quantitative estimate of drug-likeness (QED) is 0.829. The first-order valence-electron chi connectivity index (χ1n) is 8.32. The van der Waals surface area contributed by atoms with E-state index < -0.39 is 5.92 Å². The fourth-order valence-corrected chi connectivity index (χ4v) is 3.32. The molecule has 25 heavy (non-hydrogen) atoms. The highest BCUT2D eigenvalue weighted by atomic mass is 16.5. The van der Waals surface area contributed by atoms with Crippen molar-refractivity contribution in [1.29, 1.82) is 0 Å². The molecule has 1 saturated heterocycles. The molecule has 7 heteroatoms. The van der Waals surface area contributed by atoms with E-state index in [0.29, 0.717) is 23.0 Å². The van der Waals surface area contributed by atoms with Crippen molar-refractivity contribution in [2.75, 3.05) is 33.0 Å². The second kappa shape index (κ2) is 7.14. The lowest BCUT2D eigenvalue weighted by atomic mass is 9.92. The molecule has 1 aromatic carbocycles. The largest absolute Gasteiger partial charge is 0.497 e. The maximum atomic E-state index is 12.4. The number of Topliss-reactive ketones (excluding diaryl/α,β-unsaturated/α-hetero) is 1. The summed E-state index contributed by atoms with van der Waals surface area (Å²) in [6, 6.07) is 7.46. The molecule has 0 amide bonds. The van der Waals surface area contributed by atoms with E-state index in [4.69, 9.17) is 15.2 Å². The summed E-state index contributed by atoms with van der Waals surface area (Å²) in [5, 5.41) is 7.95. The molecule has 2 atom stereocenters. The summed E-state index contributed by atoms with van der Waals surface area (Å²) in [5.74, 6) is 1.32. The topological polar surface area (TPSA) is 91.4 Å². The molecule has 0 bridgehead atoms. The maximum absolute atomic E-state index is 12.4. The third-order valence-electron chi connectivity index (χ3n) is 4.57. The summed E-state index contributed by atoms with van der Waals surface area (Å²) in [6.45, 7) is 3.34. The van der Waals surface area contributed by atoms with Gasteiger partial charge in [0.1, 0.15) is 23.1 Å². The molecule has 0 aliphatic carbocycles. The summed E-state index contributed by atoms with van der Waals surface area (Å²) in [7, 11) is 3.17. The Bertz CT molecular complexity index is 743. The Labute approximate surface area is 147 Å². The molecule has 2 heterocycles. The zero-order valence-corrected chi connectivity index (χ0v) is 14.8. The first-order valence-corrected chi connectivity index (χ1v) is 8.32. The zero-order chi connectivity index (χ0) is 18.0. The van der Waals surface area contributed by atoms with Crippen LogP contribution in [0.15, 0.2) is 24.3 Å². The number of nitrogens with zero attached hydrogens (tertiary/aromatic N) is 2. The highest BCUT2D eigenvalue weighted by molar-refractivity contribution is 5.87. The number of carbonyl (C=O) groups is 1. The number of nitrogen functional groups attached to an aromatic ring is 1. The van der Waals surface area contributed by atoms with Gasteiger partial charge in [-0.05, 0) is 37.6 Å². The van der Waals surface area contributed by atoms with Crippen molar-refractivity contribution in [1.82, 2.24) is 15.1 Å². The van der Waals surface area contributed by atoms with Gasteiger partial charge in [-0.1, -0.05) is 0 Å². The van der Waals surface area contributed by atoms with Gasteiger partial charge in [-0.25, -0.2) is 4.68 Å². The Balaban J connectivity index is 2.02. The van der Waals surface area contributed by atoms with Crippen LogP contribution >= 0.6 is 0 Å². The molecule has 1 aliphatic heterocycles. The lowest BCUT2D eigenvalue weighted by Gasteiger charge is -2.15. The van der Waals surface area contributed by atoms with Gasteiger partial charge in [0.25, 0.3) is 0 Å². The van der Waals surface area contributed by atoms with Crippen LogP contribution in [-0.2, 0) is 4.79 Å². The maximum Gasteiger partial charge on any atom is 0.143 e. The van der Waals surface area contributed by atoms with E-state index in [9.17, 15) is 4.79 Å². The van der Waals surface area contributed by atoms with Crippen LogP contribution in [0.25, 0.3) is 0 Å². The molecule has 7 nitrogen and oxygen atoms in total. The smallest absolute Gasteiger partial charge is 0.143 e. The van der Waals surface area contributed by atoms with Gasteiger partial charge < -0.3 is 20.5 Å². The number of aromatic nitrogens is 2. The van der Waals surface area contributed by atoms with Crippen molar-refractivity contribution >= 4 is 11.6 Å². The Morgan fingerprint density at radius 2 is 1.96 bits per heavy atom. The van der Waals surface area contributed by atoms with Gasteiger partial charge in [0.05, 0.1) is 31.9 Å². The number of anilines is 1. The third-order valence-corrected chi connectivity index (χ3v) is 4.57. The van der Waals surface area contributed by atoms with E-state index in [-0.39, 0.29) is 11.8 Å². The van der Waals surface area contributed by atoms with Gasteiger partial charge in [-0.3, -0.25) is 4.79 Å². The van der Waals surface area contributed by atoms with E-state index in [1.807, 2.05) is 16.8 Å². The summed E-state index contributed by atoms with van der Waals surface area (Å²) in [4.78, 5) is 12.4. The fourth-order valence-electron chi connectivity index (χ4n) is 3.32. The standard InChI is InChI=1S/C18H24N4O3/c1-11(23)18(12-6-14(24-2)8-15(7-12)25-3)16-9-17(19)22(21-16)13-4-5-20-10-13/h6-9,13,18,20H,4-5,10,19H2,1-3H3. The number of benzene rings is 1. The van der Waals surface area contributed by atoms with Crippen molar-refractivity contribution in [3.05, 3.63) is 35.5 Å². The van der Waals surface area contributed by atoms with Crippen LogP contribution < -0.4 is 20.5 Å². The van der Waals surface area contributed by atoms with E-state index in [2.05, 4.69) is 10.4 Å². The zero-order valence-electron chi connectivity index (χ0n) is 14.8. The summed E-state index contributed by atoms with van der Waals surface area (Å²) in [6.07, 6.45) is 0.975. The number of nitrogens with one attached hydrogen (secondary N) is 1. The van der Waals surface area contributed by atoms with Gasteiger partial charge in [0.2, 0.25) is 0 Å². The highest BCUT2D eigenvalue weighted by Gasteiger charge is 2.27. The Kier molecular flexibility index (Phi) is 4.94. The van der Waals surface area contributed by atoms with Gasteiger partial charge in [0, 0.05) is 18.7 Å². The first-order chi connectivity index (χ1) is 12.0. The van der Waals surface area contributed by atoms with E-state index in [1.165, 1.54) is 0 Å². The fraction of sp³-hybridized carbons (Fsp3) is 0.444. The molecule has 1 aliphatic rings. The van der Waals surface area contributed by atoms with Crippen molar-refractivity contribution in [2.24, 2.45) is 0 Å². The monoisotopic (exact) mass is 344 g/mol. The first kappa shape index (κ1) is 17.3. The molecule has 3 rings (SSSR count). The average Bonchev–Trinajstić information content (AvgIpc) is 3.24. The number of ether oxygens (including phenoxy) is 2. The Morgan fingerprint density at radius 1 is 1.28 bits per heavy atom. The van der Waals surface area contributed by atoms with Crippen LogP contribution in [-0.4, -0.2) is 42.9 Å². The van der Waals surface area contributed by atoms with Crippen molar-refractivity contribution in [2.45, 2.75) is 25.3 Å². The number of hydrogen-bond acceptors (Lipinski definition) is 6. The molecule has 3 N–H and O–H groups in total. The second-order valence-corrected chi connectivity index (χ2v) is 6.27. The van der Waals surface area contributed by atoms with Crippen LogP contribution in [0.5, 0.6) is 11.5 Å². The predicted molar refractivity (Wildman–Crippen MR) is 95.2 cm³/mol. The van der Waals surface area contributed by atoms with Crippen molar-refractivity contribution < 1.29 is 14.3 Å². The van der Waals surface area contributed by atoms with Gasteiger partial charge >= 0.3 is 0 Å².